The number of thioether (sulfide) groups is 1. The molecule has 8 heteroatoms. The van der Waals surface area contributed by atoms with Crippen molar-refractivity contribution in [1.29, 1.82) is 0 Å². The lowest BCUT2D eigenvalue weighted by Gasteiger charge is -2.14. The van der Waals surface area contributed by atoms with Crippen molar-refractivity contribution in [1.82, 2.24) is 14.9 Å². The smallest absolute Gasteiger partial charge is 0.326 e. The maximum Gasteiger partial charge on any atom is 0.326 e. The van der Waals surface area contributed by atoms with Gasteiger partial charge in [-0.15, -0.1) is 0 Å². The minimum atomic E-state index is -1.05. The molecule has 1 aromatic carbocycles. The van der Waals surface area contributed by atoms with Crippen molar-refractivity contribution in [3.63, 3.8) is 0 Å². The molecule has 128 valence electrons. The van der Waals surface area contributed by atoms with Crippen LogP contribution in [0.1, 0.15) is 12.8 Å². The van der Waals surface area contributed by atoms with E-state index in [9.17, 15) is 14.4 Å². The van der Waals surface area contributed by atoms with Crippen LogP contribution in [0.25, 0.3) is 10.9 Å². The van der Waals surface area contributed by atoms with Crippen LogP contribution in [0.3, 0.4) is 0 Å². The number of aryl methyl sites for hydroxylation is 1. The van der Waals surface area contributed by atoms with E-state index in [-0.39, 0.29) is 18.5 Å². The Kier molecular flexibility index (Phi) is 6.36. The van der Waals surface area contributed by atoms with Crippen LogP contribution in [-0.2, 0) is 16.1 Å². The predicted molar refractivity (Wildman–Crippen MR) is 93.2 cm³/mol. The maximum atomic E-state index is 12.3. The fourth-order valence-electron chi connectivity index (χ4n) is 2.25. The van der Waals surface area contributed by atoms with Gasteiger partial charge in [0.2, 0.25) is 5.91 Å². The second kappa shape index (κ2) is 8.49. The molecule has 0 bridgehead atoms. The first-order valence-electron chi connectivity index (χ1n) is 7.48. The maximum absolute atomic E-state index is 12.3. The van der Waals surface area contributed by atoms with Gasteiger partial charge in [0.05, 0.1) is 17.2 Å². The zero-order valence-corrected chi connectivity index (χ0v) is 14.1. The molecule has 7 nitrogen and oxygen atoms in total. The summed E-state index contributed by atoms with van der Waals surface area (Å²) in [6, 6.07) is 6.08. The van der Waals surface area contributed by atoms with Crippen LogP contribution in [0.5, 0.6) is 0 Å². The number of nitrogens with zero attached hydrogens (tertiary/aromatic N) is 2. The van der Waals surface area contributed by atoms with Crippen LogP contribution in [0.4, 0.5) is 0 Å². The van der Waals surface area contributed by atoms with Crippen LogP contribution in [0, 0.1) is 0 Å². The molecule has 0 aliphatic rings. The quantitative estimate of drug-likeness (QED) is 0.740. The van der Waals surface area contributed by atoms with Crippen molar-refractivity contribution in [3.05, 3.63) is 40.9 Å². The highest BCUT2D eigenvalue weighted by Crippen LogP contribution is 2.05. The summed E-state index contributed by atoms with van der Waals surface area (Å²) in [5, 5.41) is 12.1. The average molecular weight is 349 g/mol. The Morgan fingerprint density at radius 2 is 2.12 bits per heavy atom. The third kappa shape index (κ3) is 4.58. The Hall–Kier alpha value is -2.35. The predicted octanol–water partition coefficient (Wildman–Crippen LogP) is 1.11. The largest absolute Gasteiger partial charge is 0.480 e. The summed E-state index contributed by atoms with van der Waals surface area (Å²) in [6.45, 7) is 0.150. The molecular formula is C16H19N3O4S. The third-order valence-electron chi connectivity index (χ3n) is 3.56. The Morgan fingerprint density at radius 3 is 2.83 bits per heavy atom. The van der Waals surface area contributed by atoms with Crippen LogP contribution in [0.15, 0.2) is 35.4 Å². The van der Waals surface area contributed by atoms with E-state index in [0.717, 1.165) is 0 Å². The summed E-state index contributed by atoms with van der Waals surface area (Å²) in [5.74, 6) is -0.809. The van der Waals surface area contributed by atoms with Crippen LogP contribution in [0.2, 0.25) is 0 Å². The molecule has 2 aromatic rings. The fourth-order valence-corrected chi connectivity index (χ4v) is 2.72. The van der Waals surface area contributed by atoms with Crippen molar-refractivity contribution in [2.75, 3.05) is 12.0 Å². The van der Waals surface area contributed by atoms with Crippen molar-refractivity contribution in [2.24, 2.45) is 0 Å². The average Bonchev–Trinajstić information content (AvgIpc) is 2.58. The van der Waals surface area contributed by atoms with Crippen molar-refractivity contribution in [3.8, 4) is 0 Å². The molecule has 0 saturated carbocycles. The molecule has 0 saturated heterocycles. The first-order valence-corrected chi connectivity index (χ1v) is 8.87. The number of carbonyl (C=O) groups is 2. The van der Waals surface area contributed by atoms with Crippen LogP contribution >= 0.6 is 11.8 Å². The Bertz CT molecular complexity index is 790. The monoisotopic (exact) mass is 349 g/mol. The summed E-state index contributed by atoms with van der Waals surface area (Å²) in [5.41, 5.74) is 0.386. The number of para-hydroxylation sites is 1. The van der Waals surface area contributed by atoms with Crippen molar-refractivity contribution >= 4 is 34.5 Å². The summed E-state index contributed by atoms with van der Waals surface area (Å²) in [4.78, 5) is 39.6. The lowest BCUT2D eigenvalue weighted by Crippen LogP contribution is -2.41. The van der Waals surface area contributed by atoms with Gasteiger partial charge in [0.1, 0.15) is 6.04 Å². The van der Waals surface area contributed by atoms with Gasteiger partial charge in [-0.25, -0.2) is 9.78 Å². The number of benzene rings is 1. The van der Waals surface area contributed by atoms with Gasteiger partial charge in [0.25, 0.3) is 5.56 Å². The Labute approximate surface area is 143 Å². The molecule has 2 N–H and O–H groups in total. The number of carboxylic acids is 1. The van der Waals surface area contributed by atoms with E-state index in [1.165, 1.54) is 22.7 Å². The molecule has 0 radical (unpaired) electrons. The molecule has 0 fully saturated rings. The van der Waals surface area contributed by atoms with E-state index in [2.05, 4.69) is 10.3 Å². The standard InChI is InChI=1S/C16H19N3O4S/c1-24-9-7-13(16(22)23)18-14(20)6-8-19-10-17-12-5-3-2-4-11(12)15(19)21/h2-5,10,13H,6-9H2,1H3,(H,18,20)(H,22,23)/t13-/m0/s1. The summed E-state index contributed by atoms with van der Waals surface area (Å²) in [7, 11) is 0. The van der Waals surface area contributed by atoms with Crippen molar-refractivity contribution in [2.45, 2.75) is 25.4 Å². The zero-order valence-electron chi connectivity index (χ0n) is 13.3. The second-order valence-electron chi connectivity index (χ2n) is 5.25. The molecule has 0 aliphatic carbocycles. The SMILES string of the molecule is CSCC[C@H](NC(=O)CCn1cnc2ccccc2c1=O)C(=O)O. The molecule has 0 unspecified atom stereocenters. The summed E-state index contributed by atoms with van der Waals surface area (Å²) in [6.07, 6.45) is 3.66. The molecular weight excluding hydrogens is 330 g/mol. The summed E-state index contributed by atoms with van der Waals surface area (Å²) < 4.78 is 1.36. The first-order chi connectivity index (χ1) is 11.5. The minimum Gasteiger partial charge on any atom is -0.480 e. The number of aromatic nitrogens is 2. The third-order valence-corrected chi connectivity index (χ3v) is 4.20. The number of nitrogens with one attached hydrogen (secondary N) is 1. The lowest BCUT2D eigenvalue weighted by atomic mass is 10.2. The lowest BCUT2D eigenvalue weighted by molar-refractivity contribution is -0.141. The van der Waals surface area contributed by atoms with Gasteiger partial charge in [0.15, 0.2) is 0 Å². The minimum absolute atomic E-state index is 0.0168. The molecule has 2 rings (SSSR count). The van der Waals surface area contributed by atoms with E-state index >= 15 is 0 Å². The molecule has 1 atom stereocenters. The van der Waals surface area contributed by atoms with Gasteiger partial charge in [-0.1, -0.05) is 12.1 Å². The molecule has 0 aliphatic heterocycles. The number of carboxylic acid groups (broad SMARTS) is 1. The van der Waals surface area contributed by atoms with Gasteiger partial charge in [-0.2, -0.15) is 11.8 Å². The van der Waals surface area contributed by atoms with E-state index in [1.807, 2.05) is 6.26 Å². The van der Waals surface area contributed by atoms with Gasteiger partial charge in [-0.3, -0.25) is 14.2 Å². The number of hydrogen-bond acceptors (Lipinski definition) is 5. The first kappa shape index (κ1) is 18.0. The number of fused-ring (bicyclic) bond motifs is 1. The number of amides is 1. The van der Waals surface area contributed by atoms with Crippen molar-refractivity contribution < 1.29 is 14.7 Å². The Morgan fingerprint density at radius 1 is 1.38 bits per heavy atom. The molecule has 0 spiro atoms. The number of hydrogen-bond donors (Lipinski definition) is 2. The van der Waals surface area contributed by atoms with Gasteiger partial charge in [0, 0.05) is 13.0 Å². The number of rotatable bonds is 8. The highest BCUT2D eigenvalue weighted by Gasteiger charge is 2.19. The van der Waals surface area contributed by atoms with Gasteiger partial charge < -0.3 is 10.4 Å². The van der Waals surface area contributed by atoms with Crippen LogP contribution < -0.4 is 10.9 Å². The molecule has 1 aromatic heterocycles. The topological polar surface area (TPSA) is 101 Å². The van der Waals surface area contributed by atoms with E-state index in [4.69, 9.17) is 5.11 Å². The Balaban J connectivity index is 2.00. The zero-order chi connectivity index (χ0) is 17.5. The van der Waals surface area contributed by atoms with E-state index < -0.39 is 17.9 Å². The van der Waals surface area contributed by atoms with E-state index in [1.54, 1.807) is 24.3 Å². The van der Waals surface area contributed by atoms with Gasteiger partial charge in [-0.05, 0) is 30.6 Å². The molecule has 1 heterocycles. The van der Waals surface area contributed by atoms with Gasteiger partial charge >= 0.3 is 5.97 Å². The molecule has 1 amide bonds. The fraction of sp³-hybridized carbons (Fsp3) is 0.375. The van der Waals surface area contributed by atoms with Crippen LogP contribution in [-0.4, -0.2) is 44.6 Å². The number of carbonyl (C=O) groups excluding carboxylic acids is 1. The summed E-state index contributed by atoms with van der Waals surface area (Å²) >= 11 is 1.52. The highest BCUT2D eigenvalue weighted by atomic mass is 32.2. The normalized spacial score (nSPS) is 12.0. The van der Waals surface area contributed by atoms with E-state index in [0.29, 0.717) is 23.1 Å². The molecule has 24 heavy (non-hydrogen) atoms. The highest BCUT2D eigenvalue weighted by molar-refractivity contribution is 7.98. The second-order valence-corrected chi connectivity index (χ2v) is 6.24. The number of aliphatic carboxylic acids is 1.